The largest absolute Gasteiger partial charge is 0.323 e. The Labute approximate surface area is 167 Å². The van der Waals surface area contributed by atoms with Crippen LogP contribution in [0.5, 0.6) is 0 Å². The van der Waals surface area contributed by atoms with Gasteiger partial charge >= 0.3 is 0 Å². The number of H-pyrrole nitrogens is 1. The van der Waals surface area contributed by atoms with E-state index >= 15 is 0 Å². The summed E-state index contributed by atoms with van der Waals surface area (Å²) in [4.78, 5) is 31.8. The molecule has 7 nitrogen and oxygen atoms in total. The predicted molar refractivity (Wildman–Crippen MR) is 111 cm³/mol. The van der Waals surface area contributed by atoms with Gasteiger partial charge in [0.25, 0.3) is 5.56 Å². The molecule has 0 bridgehead atoms. The van der Waals surface area contributed by atoms with Crippen LogP contribution in [0.2, 0.25) is 0 Å². The Morgan fingerprint density at radius 2 is 1.89 bits per heavy atom. The first-order valence-corrected chi connectivity index (χ1v) is 10.2. The standard InChI is InChI=1S/C20H23N5O2S/c1-12-16(19(27)23-20(21-12)28-4)10-11-17(26)22-18-13(2)24-25(14(18)3)15-8-6-5-7-9-15/h5-9H,10-11H2,1-4H3,(H,22,26)(H,21,23,27). The van der Waals surface area contributed by atoms with Gasteiger partial charge in [-0.3, -0.25) is 9.59 Å². The molecule has 0 fully saturated rings. The van der Waals surface area contributed by atoms with Crippen LogP contribution in [-0.4, -0.2) is 31.9 Å². The van der Waals surface area contributed by atoms with E-state index in [-0.39, 0.29) is 17.9 Å². The summed E-state index contributed by atoms with van der Waals surface area (Å²) in [5.74, 6) is -0.161. The number of aromatic nitrogens is 4. The third-order valence-corrected chi connectivity index (χ3v) is 5.13. The fourth-order valence-corrected chi connectivity index (χ4v) is 3.48. The van der Waals surface area contributed by atoms with E-state index < -0.39 is 0 Å². The number of thioether (sulfide) groups is 1. The van der Waals surface area contributed by atoms with Gasteiger partial charge in [0.15, 0.2) is 5.16 Å². The van der Waals surface area contributed by atoms with Crippen LogP contribution in [0, 0.1) is 20.8 Å². The molecule has 2 N–H and O–H groups in total. The van der Waals surface area contributed by atoms with Crippen LogP contribution in [-0.2, 0) is 11.2 Å². The number of hydrogen-bond acceptors (Lipinski definition) is 5. The maximum absolute atomic E-state index is 12.5. The predicted octanol–water partition coefficient (Wildman–Crippen LogP) is 3.17. The van der Waals surface area contributed by atoms with E-state index in [1.54, 1.807) is 6.92 Å². The summed E-state index contributed by atoms with van der Waals surface area (Å²) < 4.78 is 1.81. The highest BCUT2D eigenvalue weighted by molar-refractivity contribution is 7.98. The van der Waals surface area contributed by atoms with Gasteiger partial charge < -0.3 is 10.3 Å². The zero-order chi connectivity index (χ0) is 20.3. The molecule has 146 valence electrons. The Balaban J connectivity index is 1.73. The van der Waals surface area contributed by atoms with Crippen LogP contribution >= 0.6 is 11.8 Å². The smallest absolute Gasteiger partial charge is 0.254 e. The molecular formula is C20H23N5O2S. The van der Waals surface area contributed by atoms with Crippen molar-refractivity contribution in [3.63, 3.8) is 0 Å². The van der Waals surface area contributed by atoms with Gasteiger partial charge in [-0.25, -0.2) is 9.67 Å². The van der Waals surface area contributed by atoms with Gasteiger partial charge in [0.1, 0.15) is 0 Å². The van der Waals surface area contributed by atoms with Gasteiger partial charge in [0, 0.05) is 17.7 Å². The fourth-order valence-electron chi connectivity index (χ4n) is 3.06. The second-order valence-corrected chi connectivity index (χ2v) is 7.28. The van der Waals surface area contributed by atoms with Gasteiger partial charge in [-0.15, -0.1) is 0 Å². The number of aryl methyl sites for hydroxylation is 2. The van der Waals surface area contributed by atoms with Crippen molar-refractivity contribution >= 4 is 23.4 Å². The summed E-state index contributed by atoms with van der Waals surface area (Å²) in [6, 6.07) is 9.76. The minimum atomic E-state index is -0.186. The van der Waals surface area contributed by atoms with E-state index in [1.807, 2.05) is 55.1 Å². The molecule has 0 atom stereocenters. The van der Waals surface area contributed by atoms with E-state index in [9.17, 15) is 9.59 Å². The first-order valence-electron chi connectivity index (χ1n) is 8.96. The molecule has 2 heterocycles. The lowest BCUT2D eigenvalue weighted by molar-refractivity contribution is -0.116. The molecule has 0 saturated carbocycles. The Bertz CT molecular complexity index is 1060. The highest BCUT2D eigenvalue weighted by Gasteiger charge is 2.16. The molecular weight excluding hydrogens is 374 g/mol. The number of para-hydroxylation sites is 1. The van der Waals surface area contributed by atoms with Crippen molar-refractivity contribution in [2.75, 3.05) is 11.6 Å². The van der Waals surface area contributed by atoms with Crippen molar-refractivity contribution in [3.8, 4) is 5.69 Å². The maximum atomic E-state index is 12.5. The SMILES string of the molecule is CSc1nc(C)c(CCC(=O)Nc2c(C)nn(-c3ccccc3)c2C)c(=O)[nH]1. The van der Waals surface area contributed by atoms with Gasteiger partial charge in [0.2, 0.25) is 5.91 Å². The number of hydrogen-bond donors (Lipinski definition) is 2. The third kappa shape index (κ3) is 4.17. The lowest BCUT2D eigenvalue weighted by Gasteiger charge is -2.08. The second-order valence-electron chi connectivity index (χ2n) is 6.48. The van der Waals surface area contributed by atoms with Crippen LogP contribution in [0.1, 0.15) is 29.1 Å². The lowest BCUT2D eigenvalue weighted by Crippen LogP contribution is -2.20. The molecule has 28 heavy (non-hydrogen) atoms. The van der Waals surface area contributed by atoms with Crippen molar-refractivity contribution in [2.45, 2.75) is 38.8 Å². The van der Waals surface area contributed by atoms with Crippen molar-refractivity contribution in [2.24, 2.45) is 0 Å². The van der Waals surface area contributed by atoms with Crippen LogP contribution in [0.3, 0.4) is 0 Å². The molecule has 3 aromatic rings. The topological polar surface area (TPSA) is 92.7 Å². The summed E-state index contributed by atoms with van der Waals surface area (Å²) in [7, 11) is 0. The van der Waals surface area contributed by atoms with Crippen molar-refractivity contribution in [1.82, 2.24) is 19.7 Å². The highest BCUT2D eigenvalue weighted by atomic mass is 32.2. The monoisotopic (exact) mass is 397 g/mol. The summed E-state index contributed by atoms with van der Waals surface area (Å²) >= 11 is 1.38. The molecule has 3 rings (SSSR count). The van der Waals surface area contributed by atoms with E-state index in [1.165, 1.54) is 11.8 Å². The number of carbonyl (C=O) groups excluding carboxylic acids is 1. The minimum absolute atomic E-state index is 0.161. The van der Waals surface area contributed by atoms with E-state index in [2.05, 4.69) is 20.4 Å². The Morgan fingerprint density at radius 1 is 1.18 bits per heavy atom. The molecule has 0 saturated heterocycles. The molecule has 2 aromatic heterocycles. The van der Waals surface area contributed by atoms with Crippen molar-refractivity contribution in [3.05, 3.63) is 63.3 Å². The quantitative estimate of drug-likeness (QED) is 0.492. The molecule has 0 aliphatic heterocycles. The zero-order valence-electron chi connectivity index (χ0n) is 16.4. The van der Waals surface area contributed by atoms with Crippen LogP contribution in [0.15, 0.2) is 40.3 Å². The summed E-state index contributed by atoms with van der Waals surface area (Å²) in [5.41, 5.74) is 4.26. The summed E-state index contributed by atoms with van der Waals surface area (Å²) in [6.45, 7) is 5.57. The molecule has 0 radical (unpaired) electrons. The van der Waals surface area contributed by atoms with Gasteiger partial charge in [-0.2, -0.15) is 5.10 Å². The number of rotatable bonds is 6. The van der Waals surface area contributed by atoms with E-state index in [0.29, 0.717) is 28.5 Å². The van der Waals surface area contributed by atoms with Crippen LogP contribution in [0.4, 0.5) is 5.69 Å². The molecule has 0 spiro atoms. The first kappa shape index (κ1) is 19.9. The number of benzene rings is 1. The lowest BCUT2D eigenvalue weighted by atomic mass is 10.1. The average molecular weight is 398 g/mol. The molecule has 0 aliphatic carbocycles. The molecule has 1 amide bonds. The normalized spacial score (nSPS) is 10.9. The Morgan fingerprint density at radius 3 is 2.54 bits per heavy atom. The van der Waals surface area contributed by atoms with Crippen LogP contribution < -0.4 is 10.9 Å². The van der Waals surface area contributed by atoms with Gasteiger partial charge in [-0.1, -0.05) is 30.0 Å². The number of anilines is 1. The van der Waals surface area contributed by atoms with Crippen molar-refractivity contribution < 1.29 is 4.79 Å². The summed E-state index contributed by atoms with van der Waals surface area (Å²) in [5, 5.41) is 8.05. The number of nitrogens with zero attached hydrogens (tertiary/aromatic N) is 3. The summed E-state index contributed by atoms with van der Waals surface area (Å²) in [6.07, 6.45) is 2.38. The molecule has 1 aromatic carbocycles. The average Bonchev–Trinajstić information content (AvgIpc) is 2.96. The third-order valence-electron chi connectivity index (χ3n) is 4.55. The molecule has 8 heteroatoms. The highest BCUT2D eigenvalue weighted by Crippen LogP contribution is 2.23. The number of amides is 1. The number of carbonyl (C=O) groups is 1. The maximum Gasteiger partial charge on any atom is 0.254 e. The second kappa shape index (κ2) is 8.43. The van der Waals surface area contributed by atoms with Crippen molar-refractivity contribution in [1.29, 1.82) is 0 Å². The number of aromatic amines is 1. The van der Waals surface area contributed by atoms with Gasteiger partial charge in [-0.05, 0) is 45.6 Å². The zero-order valence-corrected chi connectivity index (χ0v) is 17.2. The fraction of sp³-hybridized carbons (Fsp3) is 0.300. The minimum Gasteiger partial charge on any atom is -0.323 e. The molecule has 0 aliphatic rings. The van der Waals surface area contributed by atoms with Crippen LogP contribution in [0.25, 0.3) is 5.69 Å². The Kier molecular flexibility index (Phi) is 5.99. The Hall–Kier alpha value is -2.87. The number of nitrogens with one attached hydrogen (secondary N) is 2. The van der Waals surface area contributed by atoms with E-state index in [0.717, 1.165) is 17.1 Å². The molecule has 0 unspecified atom stereocenters. The van der Waals surface area contributed by atoms with Gasteiger partial charge in [0.05, 0.1) is 22.8 Å². The first-order chi connectivity index (χ1) is 13.4. The van der Waals surface area contributed by atoms with E-state index in [4.69, 9.17) is 0 Å².